The van der Waals surface area contributed by atoms with E-state index in [1.807, 2.05) is 0 Å². The molecule has 134 valence electrons. The van der Waals surface area contributed by atoms with Crippen molar-refractivity contribution in [2.45, 2.75) is 95.2 Å². The molecule has 0 saturated carbocycles. The largest absolute Gasteiger partial charge is 0.396 e. The SMILES string of the molecule is CC(O)CC(O)CC(O)(CCC(C)(C)O)CC(O)CCCO. The molecule has 0 bridgehead atoms. The van der Waals surface area contributed by atoms with Crippen LogP contribution in [0.1, 0.15) is 65.7 Å². The summed E-state index contributed by atoms with van der Waals surface area (Å²) < 4.78 is 0. The number of aliphatic hydroxyl groups is 6. The fourth-order valence-electron chi connectivity index (χ4n) is 2.61. The first-order valence-corrected chi connectivity index (χ1v) is 8.07. The first-order chi connectivity index (χ1) is 9.97. The molecule has 0 aromatic carbocycles. The molecule has 6 heteroatoms. The van der Waals surface area contributed by atoms with E-state index in [1.165, 1.54) is 0 Å². The third kappa shape index (κ3) is 11.3. The van der Waals surface area contributed by atoms with Crippen molar-refractivity contribution in [2.75, 3.05) is 6.61 Å². The molecule has 6 nitrogen and oxygen atoms in total. The quantitative estimate of drug-likeness (QED) is 0.308. The average Bonchev–Trinajstić information content (AvgIpc) is 2.32. The third-order valence-corrected chi connectivity index (χ3v) is 3.74. The molecule has 4 unspecified atom stereocenters. The highest BCUT2D eigenvalue weighted by molar-refractivity contribution is 4.87. The van der Waals surface area contributed by atoms with Gasteiger partial charge in [0.2, 0.25) is 0 Å². The smallest absolute Gasteiger partial charge is 0.0698 e. The van der Waals surface area contributed by atoms with Gasteiger partial charge in [0.25, 0.3) is 0 Å². The summed E-state index contributed by atoms with van der Waals surface area (Å²) in [5.74, 6) is 0. The first kappa shape index (κ1) is 21.8. The molecule has 0 heterocycles. The molecule has 0 amide bonds. The van der Waals surface area contributed by atoms with Gasteiger partial charge in [-0.1, -0.05) is 0 Å². The van der Waals surface area contributed by atoms with E-state index < -0.39 is 29.5 Å². The van der Waals surface area contributed by atoms with Gasteiger partial charge in [-0.05, 0) is 52.9 Å². The summed E-state index contributed by atoms with van der Waals surface area (Å²) in [6.45, 7) is 4.82. The lowest BCUT2D eigenvalue weighted by Crippen LogP contribution is -2.39. The van der Waals surface area contributed by atoms with Gasteiger partial charge in [0.15, 0.2) is 0 Å². The van der Waals surface area contributed by atoms with Gasteiger partial charge in [-0.25, -0.2) is 0 Å². The lowest BCUT2D eigenvalue weighted by molar-refractivity contribution is -0.0714. The van der Waals surface area contributed by atoms with Gasteiger partial charge in [-0.2, -0.15) is 0 Å². The average molecular weight is 322 g/mol. The van der Waals surface area contributed by atoms with E-state index in [0.29, 0.717) is 19.3 Å². The third-order valence-electron chi connectivity index (χ3n) is 3.74. The van der Waals surface area contributed by atoms with Crippen molar-refractivity contribution in [1.82, 2.24) is 0 Å². The standard InChI is InChI=1S/C16H34O6/c1-12(18)9-14(20)11-16(22,7-6-15(2,3)21)10-13(19)5-4-8-17/h12-14,17-22H,4-11H2,1-3H3. The van der Waals surface area contributed by atoms with Crippen LogP contribution in [0.2, 0.25) is 0 Å². The Morgan fingerprint density at radius 3 is 1.91 bits per heavy atom. The van der Waals surface area contributed by atoms with Crippen LogP contribution >= 0.6 is 0 Å². The molecule has 0 aliphatic rings. The predicted octanol–water partition coefficient (Wildman–Crippen LogP) is 0.314. The fraction of sp³-hybridized carbons (Fsp3) is 1.00. The van der Waals surface area contributed by atoms with E-state index in [9.17, 15) is 25.5 Å². The summed E-state index contributed by atoms with van der Waals surface area (Å²) in [4.78, 5) is 0. The Hall–Kier alpha value is -0.240. The monoisotopic (exact) mass is 322 g/mol. The molecule has 0 radical (unpaired) electrons. The second-order valence-corrected chi connectivity index (χ2v) is 7.20. The van der Waals surface area contributed by atoms with Gasteiger partial charge >= 0.3 is 0 Å². The fourth-order valence-corrected chi connectivity index (χ4v) is 2.61. The highest BCUT2D eigenvalue weighted by atomic mass is 16.3. The maximum Gasteiger partial charge on any atom is 0.0698 e. The Labute approximate surface area is 133 Å². The van der Waals surface area contributed by atoms with Crippen LogP contribution in [-0.4, -0.2) is 66.8 Å². The maximum atomic E-state index is 10.8. The minimum Gasteiger partial charge on any atom is -0.396 e. The number of rotatable bonds is 12. The summed E-state index contributed by atoms with van der Waals surface area (Å²) in [5, 5.41) is 58.6. The molecular weight excluding hydrogens is 288 g/mol. The van der Waals surface area contributed by atoms with Gasteiger partial charge < -0.3 is 30.6 Å². The van der Waals surface area contributed by atoms with Crippen molar-refractivity contribution < 1.29 is 30.6 Å². The highest BCUT2D eigenvalue weighted by Gasteiger charge is 2.34. The molecule has 0 spiro atoms. The minimum atomic E-state index is -1.32. The van der Waals surface area contributed by atoms with Crippen molar-refractivity contribution in [2.24, 2.45) is 0 Å². The van der Waals surface area contributed by atoms with Gasteiger partial charge in [0.1, 0.15) is 0 Å². The Kier molecular flexibility index (Phi) is 9.69. The molecule has 0 aromatic heterocycles. The molecule has 22 heavy (non-hydrogen) atoms. The van der Waals surface area contributed by atoms with Gasteiger partial charge in [0, 0.05) is 19.4 Å². The molecule has 6 N–H and O–H groups in total. The summed E-state index contributed by atoms with van der Waals surface area (Å²) in [5.41, 5.74) is -2.26. The number of hydrogen-bond donors (Lipinski definition) is 6. The molecule has 0 aliphatic heterocycles. The topological polar surface area (TPSA) is 121 Å². The summed E-state index contributed by atoms with van der Waals surface area (Å²) in [7, 11) is 0. The summed E-state index contributed by atoms with van der Waals surface area (Å²) >= 11 is 0. The van der Waals surface area contributed by atoms with Crippen LogP contribution in [0.25, 0.3) is 0 Å². The van der Waals surface area contributed by atoms with Crippen molar-refractivity contribution in [3.63, 3.8) is 0 Å². The Morgan fingerprint density at radius 1 is 0.909 bits per heavy atom. The summed E-state index contributed by atoms with van der Waals surface area (Å²) in [6, 6.07) is 0. The van der Waals surface area contributed by atoms with Crippen LogP contribution in [0.15, 0.2) is 0 Å². The second kappa shape index (κ2) is 9.80. The van der Waals surface area contributed by atoms with Crippen molar-refractivity contribution in [1.29, 1.82) is 0 Å². The normalized spacial score (nSPS) is 19.5. The van der Waals surface area contributed by atoms with Gasteiger partial charge in [-0.3, -0.25) is 0 Å². The van der Waals surface area contributed by atoms with E-state index >= 15 is 0 Å². The van der Waals surface area contributed by atoms with Crippen LogP contribution in [0.3, 0.4) is 0 Å². The zero-order chi connectivity index (χ0) is 17.4. The van der Waals surface area contributed by atoms with Crippen LogP contribution in [0, 0.1) is 0 Å². The Morgan fingerprint density at radius 2 is 1.45 bits per heavy atom. The van der Waals surface area contributed by atoms with Gasteiger partial charge in [-0.15, -0.1) is 0 Å². The van der Waals surface area contributed by atoms with Crippen molar-refractivity contribution >= 4 is 0 Å². The van der Waals surface area contributed by atoms with E-state index in [-0.39, 0.29) is 32.3 Å². The molecule has 0 aromatic rings. The zero-order valence-electron chi connectivity index (χ0n) is 14.1. The number of hydrogen-bond acceptors (Lipinski definition) is 6. The predicted molar refractivity (Wildman–Crippen MR) is 84.3 cm³/mol. The van der Waals surface area contributed by atoms with E-state index in [1.54, 1.807) is 20.8 Å². The maximum absolute atomic E-state index is 10.8. The van der Waals surface area contributed by atoms with Crippen LogP contribution in [-0.2, 0) is 0 Å². The highest BCUT2D eigenvalue weighted by Crippen LogP contribution is 2.30. The molecule has 0 rings (SSSR count). The van der Waals surface area contributed by atoms with E-state index in [0.717, 1.165) is 0 Å². The van der Waals surface area contributed by atoms with E-state index in [2.05, 4.69) is 0 Å². The van der Waals surface area contributed by atoms with Crippen molar-refractivity contribution in [3.8, 4) is 0 Å². The molecule has 0 saturated heterocycles. The second-order valence-electron chi connectivity index (χ2n) is 7.20. The molecule has 4 atom stereocenters. The summed E-state index contributed by atoms with van der Waals surface area (Å²) in [6.07, 6.45) is -0.697. The van der Waals surface area contributed by atoms with Gasteiger partial charge in [0.05, 0.1) is 29.5 Å². The molecule has 0 fully saturated rings. The number of aliphatic hydroxyl groups excluding tert-OH is 4. The van der Waals surface area contributed by atoms with Crippen molar-refractivity contribution in [3.05, 3.63) is 0 Å². The molecule has 0 aliphatic carbocycles. The van der Waals surface area contributed by atoms with E-state index in [4.69, 9.17) is 5.11 Å². The lowest BCUT2D eigenvalue weighted by atomic mass is 9.81. The molecular formula is C16H34O6. The lowest BCUT2D eigenvalue weighted by Gasteiger charge is -2.34. The zero-order valence-corrected chi connectivity index (χ0v) is 14.1. The minimum absolute atomic E-state index is 0.0240. The van der Waals surface area contributed by atoms with Crippen LogP contribution in [0.5, 0.6) is 0 Å². The van der Waals surface area contributed by atoms with Crippen LogP contribution in [0.4, 0.5) is 0 Å². The first-order valence-electron chi connectivity index (χ1n) is 8.07. The Balaban J connectivity index is 4.72. The van der Waals surface area contributed by atoms with Crippen LogP contribution < -0.4 is 0 Å². The Bertz CT molecular complexity index is 289.